The molecule has 5 nitrogen and oxygen atoms in total. The van der Waals surface area contributed by atoms with Crippen LogP contribution in [0.5, 0.6) is 0 Å². The smallest absolute Gasteiger partial charge is 0.276 e. The van der Waals surface area contributed by atoms with Crippen molar-refractivity contribution < 1.29 is 5.11 Å². The first kappa shape index (κ1) is 12.6. The van der Waals surface area contributed by atoms with Crippen LogP contribution in [0.25, 0.3) is 5.52 Å². The maximum Gasteiger partial charge on any atom is 0.276 e. The number of aliphatic hydroxyl groups excluding tert-OH is 1. The Labute approximate surface area is 115 Å². The largest absolute Gasteiger partial charge is 0.387 e. The van der Waals surface area contributed by atoms with Gasteiger partial charge in [0.2, 0.25) is 0 Å². The fourth-order valence-electron chi connectivity index (χ4n) is 2.18. The summed E-state index contributed by atoms with van der Waals surface area (Å²) >= 11 is 0. The number of aromatic nitrogens is 3. The fourth-order valence-corrected chi connectivity index (χ4v) is 2.18. The molecule has 0 spiro atoms. The van der Waals surface area contributed by atoms with E-state index in [9.17, 15) is 9.90 Å². The molecule has 1 unspecified atom stereocenters. The van der Waals surface area contributed by atoms with E-state index in [-0.39, 0.29) is 12.1 Å². The molecule has 1 atom stereocenters. The fraction of sp³-hybridized carbons (Fsp3) is 0.200. The normalized spacial score (nSPS) is 12.7. The molecular weight excluding hydrogens is 254 g/mol. The Morgan fingerprint density at radius 2 is 1.95 bits per heavy atom. The molecule has 0 amide bonds. The van der Waals surface area contributed by atoms with E-state index in [4.69, 9.17) is 0 Å². The molecule has 2 aromatic heterocycles. The maximum atomic E-state index is 12.2. The highest BCUT2D eigenvalue weighted by atomic mass is 16.3. The lowest BCUT2D eigenvalue weighted by Gasteiger charge is -2.13. The van der Waals surface area contributed by atoms with E-state index in [1.165, 1.54) is 9.08 Å². The summed E-state index contributed by atoms with van der Waals surface area (Å²) < 4.78 is 3.03. The average Bonchev–Trinajstić information content (AvgIpc) is 2.92. The van der Waals surface area contributed by atoms with E-state index >= 15 is 0 Å². The number of fused-ring (bicyclic) bond motifs is 1. The van der Waals surface area contributed by atoms with Gasteiger partial charge < -0.3 is 9.67 Å². The van der Waals surface area contributed by atoms with Gasteiger partial charge in [0.1, 0.15) is 5.52 Å². The van der Waals surface area contributed by atoms with E-state index in [1.54, 1.807) is 24.7 Å². The van der Waals surface area contributed by atoms with Gasteiger partial charge in [-0.25, -0.2) is 4.52 Å². The molecule has 5 heteroatoms. The molecule has 1 N–H and O–H groups in total. The van der Waals surface area contributed by atoms with Gasteiger partial charge in [0.25, 0.3) is 5.56 Å². The van der Waals surface area contributed by atoms with E-state index in [1.807, 2.05) is 31.2 Å². The van der Waals surface area contributed by atoms with E-state index < -0.39 is 6.10 Å². The van der Waals surface area contributed by atoms with Crippen LogP contribution in [0.15, 0.2) is 53.7 Å². The summed E-state index contributed by atoms with van der Waals surface area (Å²) in [5, 5.41) is 14.2. The van der Waals surface area contributed by atoms with Crippen molar-refractivity contribution in [1.29, 1.82) is 0 Å². The van der Waals surface area contributed by atoms with Gasteiger partial charge in [-0.15, -0.1) is 0 Å². The Bertz CT molecular complexity index is 787. The molecule has 2 heterocycles. The van der Waals surface area contributed by atoms with Gasteiger partial charge in [-0.1, -0.05) is 29.8 Å². The molecule has 0 saturated heterocycles. The van der Waals surface area contributed by atoms with E-state index in [2.05, 4.69) is 5.10 Å². The Morgan fingerprint density at radius 1 is 1.20 bits per heavy atom. The van der Waals surface area contributed by atoms with E-state index in [0.29, 0.717) is 5.52 Å². The zero-order valence-electron chi connectivity index (χ0n) is 11.1. The highest BCUT2D eigenvalue weighted by Gasteiger charge is 2.10. The summed E-state index contributed by atoms with van der Waals surface area (Å²) in [4.78, 5) is 12.2. The molecule has 0 bridgehead atoms. The number of hydrogen-bond acceptors (Lipinski definition) is 3. The summed E-state index contributed by atoms with van der Waals surface area (Å²) in [5.74, 6) is 0. The Kier molecular flexibility index (Phi) is 3.12. The molecular formula is C15H15N3O2. The van der Waals surface area contributed by atoms with Crippen molar-refractivity contribution in [3.63, 3.8) is 0 Å². The molecule has 0 aliphatic carbocycles. The number of aryl methyl sites for hydroxylation is 1. The van der Waals surface area contributed by atoms with Crippen molar-refractivity contribution in [2.75, 3.05) is 0 Å². The summed E-state index contributed by atoms with van der Waals surface area (Å²) in [7, 11) is 0. The molecule has 0 radical (unpaired) electrons. The first-order chi connectivity index (χ1) is 9.65. The summed E-state index contributed by atoms with van der Waals surface area (Å²) in [6.07, 6.45) is 4.22. The zero-order chi connectivity index (χ0) is 14.1. The highest BCUT2D eigenvalue weighted by molar-refractivity contribution is 5.42. The highest BCUT2D eigenvalue weighted by Crippen LogP contribution is 2.15. The second-order valence-electron chi connectivity index (χ2n) is 4.84. The van der Waals surface area contributed by atoms with Crippen molar-refractivity contribution in [2.24, 2.45) is 0 Å². The quantitative estimate of drug-likeness (QED) is 0.784. The monoisotopic (exact) mass is 269 g/mol. The van der Waals surface area contributed by atoms with Crippen LogP contribution in [-0.2, 0) is 6.54 Å². The third-order valence-corrected chi connectivity index (χ3v) is 3.37. The minimum atomic E-state index is -0.710. The summed E-state index contributed by atoms with van der Waals surface area (Å²) in [5.41, 5.74) is 2.29. The Balaban J connectivity index is 1.90. The number of hydrogen-bond donors (Lipinski definition) is 1. The number of rotatable bonds is 3. The van der Waals surface area contributed by atoms with Crippen molar-refractivity contribution in [3.8, 4) is 0 Å². The van der Waals surface area contributed by atoms with Crippen LogP contribution in [-0.4, -0.2) is 19.3 Å². The molecule has 20 heavy (non-hydrogen) atoms. The van der Waals surface area contributed by atoms with Crippen LogP contribution in [0, 0.1) is 6.92 Å². The van der Waals surface area contributed by atoms with Crippen LogP contribution >= 0.6 is 0 Å². The van der Waals surface area contributed by atoms with Crippen molar-refractivity contribution >= 4 is 5.52 Å². The molecule has 0 aliphatic heterocycles. The lowest BCUT2D eigenvalue weighted by atomic mass is 10.1. The van der Waals surface area contributed by atoms with Gasteiger partial charge in [0, 0.05) is 12.4 Å². The van der Waals surface area contributed by atoms with Gasteiger partial charge in [-0.05, 0) is 18.6 Å². The number of nitrogens with zero attached hydrogens (tertiary/aromatic N) is 3. The minimum Gasteiger partial charge on any atom is -0.387 e. The van der Waals surface area contributed by atoms with Crippen LogP contribution in [0.4, 0.5) is 0 Å². The number of benzene rings is 1. The van der Waals surface area contributed by atoms with Gasteiger partial charge in [0.05, 0.1) is 18.8 Å². The molecule has 0 saturated carbocycles. The second-order valence-corrected chi connectivity index (χ2v) is 4.84. The van der Waals surface area contributed by atoms with Crippen molar-refractivity contribution in [3.05, 3.63) is 70.4 Å². The summed E-state index contributed by atoms with van der Waals surface area (Å²) in [6, 6.07) is 9.31. The lowest BCUT2D eigenvalue weighted by Crippen LogP contribution is -2.24. The van der Waals surface area contributed by atoms with Gasteiger partial charge >= 0.3 is 0 Å². The van der Waals surface area contributed by atoms with Crippen LogP contribution < -0.4 is 5.56 Å². The molecule has 0 fully saturated rings. The first-order valence-corrected chi connectivity index (χ1v) is 6.42. The first-order valence-electron chi connectivity index (χ1n) is 6.42. The number of aliphatic hydroxyl groups is 1. The van der Waals surface area contributed by atoms with Gasteiger partial charge in [0.15, 0.2) is 0 Å². The SMILES string of the molecule is Cc1ccc(C(O)Cn2ccn3nccc3c2=O)cc1. The second kappa shape index (κ2) is 4.94. The molecule has 3 rings (SSSR count). The van der Waals surface area contributed by atoms with Crippen LogP contribution in [0.3, 0.4) is 0 Å². The van der Waals surface area contributed by atoms with Gasteiger partial charge in [-0.3, -0.25) is 4.79 Å². The summed E-state index contributed by atoms with van der Waals surface area (Å²) in [6.45, 7) is 2.22. The van der Waals surface area contributed by atoms with Crippen molar-refractivity contribution in [2.45, 2.75) is 19.6 Å². The predicted molar refractivity (Wildman–Crippen MR) is 75.6 cm³/mol. The third kappa shape index (κ3) is 2.23. The lowest BCUT2D eigenvalue weighted by molar-refractivity contribution is 0.155. The van der Waals surface area contributed by atoms with E-state index in [0.717, 1.165) is 11.1 Å². The Morgan fingerprint density at radius 3 is 2.70 bits per heavy atom. The molecule has 102 valence electrons. The molecule has 0 aliphatic rings. The zero-order valence-corrected chi connectivity index (χ0v) is 11.1. The third-order valence-electron chi connectivity index (χ3n) is 3.37. The van der Waals surface area contributed by atoms with Crippen molar-refractivity contribution in [1.82, 2.24) is 14.2 Å². The predicted octanol–water partition coefficient (Wildman–Crippen LogP) is 1.54. The maximum absolute atomic E-state index is 12.2. The van der Waals surface area contributed by atoms with Gasteiger partial charge in [-0.2, -0.15) is 5.10 Å². The van der Waals surface area contributed by atoms with Crippen LogP contribution in [0.2, 0.25) is 0 Å². The topological polar surface area (TPSA) is 59.5 Å². The molecule has 1 aromatic carbocycles. The molecule has 3 aromatic rings. The minimum absolute atomic E-state index is 0.156. The standard InChI is InChI=1S/C15H15N3O2/c1-11-2-4-12(5-3-11)14(19)10-17-8-9-18-13(15(17)20)6-7-16-18/h2-9,14,19H,10H2,1H3. The van der Waals surface area contributed by atoms with Crippen LogP contribution in [0.1, 0.15) is 17.2 Å². The Hall–Kier alpha value is -2.40. The average molecular weight is 269 g/mol.